The highest BCUT2D eigenvalue weighted by atomic mass is 27.2. The summed E-state index contributed by atoms with van der Waals surface area (Å²) in [4.78, 5) is 9.12. The van der Waals surface area contributed by atoms with Gasteiger partial charge in [0.2, 0.25) is 0 Å². The van der Waals surface area contributed by atoms with Crippen LogP contribution in [0.3, 0.4) is 0 Å². The monoisotopic (exact) mass is 138 g/mol. The van der Waals surface area contributed by atoms with Gasteiger partial charge in [0.25, 0.3) is 0 Å². The lowest BCUT2D eigenvalue weighted by Gasteiger charge is -1.72. The summed E-state index contributed by atoms with van der Waals surface area (Å²) < 4.78 is 14.5. The van der Waals surface area contributed by atoms with Crippen molar-refractivity contribution in [3.8, 4) is 0 Å². The van der Waals surface area contributed by atoms with Crippen LogP contribution in [0.1, 0.15) is 0 Å². The summed E-state index contributed by atoms with van der Waals surface area (Å²) >= 11 is -1.58. The molecule has 0 aromatic carbocycles. The molecule has 5 nitrogen and oxygen atoms in total. The molecular weight excluding hydrogens is 131 g/mol. The fraction of sp³-hybridized carbons (Fsp3) is 0.500. The lowest BCUT2D eigenvalue weighted by Crippen LogP contribution is -1.98. The van der Waals surface area contributed by atoms with E-state index in [1.807, 2.05) is 0 Å². The minimum absolute atomic E-state index is 0.778. The number of aliphatic hydroxyl groups excluding tert-OH is 1. The van der Waals surface area contributed by atoms with E-state index in [-0.39, 0.29) is 0 Å². The minimum Gasteiger partial charge on any atom is -0.496 e. The van der Waals surface area contributed by atoms with Crippen LogP contribution in [0.5, 0.6) is 0 Å². The van der Waals surface area contributed by atoms with Gasteiger partial charge in [-0.25, -0.2) is 4.79 Å². The van der Waals surface area contributed by atoms with E-state index in [4.69, 9.17) is 23.3 Å². The van der Waals surface area contributed by atoms with Crippen LogP contribution in [0.15, 0.2) is 0 Å². The Kier molecular flexibility index (Phi) is 13.5. The average molecular weight is 138 g/mol. The van der Waals surface area contributed by atoms with Crippen LogP contribution in [0.4, 0.5) is 0 Å². The highest BCUT2D eigenvalue weighted by Gasteiger charge is 1.82. The molecule has 8 heavy (non-hydrogen) atoms. The van der Waals surface area contributed by atoms with Crippen molar-refractivity contribution in [2.24, 2.45) is 0 Å². The van der Waals surface area contributed by atoms with E-state index in [9.17, 15) is 0 Å². The smallest absolute Gasteiger partial charge is 0.496 e. The summed E-state index contributed by atoms with van der Waals surface area (Å²) in [6, 6.07) is 0. The molecule has 0 unspecified atom stereocenters. The molecule has 4 N–H and O–H groups in total. The fourth-order valence-corrected chi connectivity index (χ4v) is 0. The van der Waals surface area contributed by atoms with Crippen LogP contribution in [-0.2, 0) is 4.79 Å². The Labute approximate surface area is 52.6 Å². The second-order valence-electron chi connectivity index (χ2n) is 0.693. The number of aliphatic carboxylic acids is 1. The van der Waals surface area contributed by atoms with Crippen molar-refractivity contribution in [2.75, 3.05) is 6.61 Å². The van der Waals surface area contributed by atoms with E-state index < -0.39 is 28.5 Å². The Morgan fingerprint density at radius 2 is 1.62 bits per heavy atom. The van der Waals surface area contributed by atoms with Gasteiger partial charge in [-0.3, -0.25) is 0 Å². The van der Waals surface area contributed by atoms with Gasteiger partial charge in [-0.1, -0.05) is 0 Å². The summed E-state index contributed by atoms with van der Waals surface area (Å²) in [5, 5.41) is 15.0. The molecule has 0 atom stereocenters. The highest BCUT2D eigenvalue weighted by molar-refractivity contribution is 6.13. The van der Waals surface area contributed by atoms with Gasteiger partial charge in [0.15, 0.2) is 0 Å². The summed E-state index contributed by atoms with van der Waals surface area (Å²) in [7, 11) is 0. The predicted molar refractivity (Wildman–Crippen MR) is 26.3 cm³/mol. The summed E-state index contributed by atoms with van der Waals surface area (Å²) in [6.45, 7) is -0.778. The van der Waals surface area contributed by atoms with Crippen LogP contribution >= 0.6 is 0 Å². The largest absolute Gasteiger partial charge is 0.644 e. The molecule has 0 aliphatic carbocycles. The third-order valence-corrected chi connectivity index (χ3v) is 0.135. The van der Waals surface area contributed by atoms with Crippen LogP contribution < -0.4 is 0 Å². The van der Waals surface area contributed by atoms with E-state index in [1.165, 1.54) is 0 Å². The number of carboxylic acid groups (broad SMARTS) is 1. The topological polar surface area (TPSA) is 98.0 Å². The zero-order chi connectivity index (χ0) is 6.99. The predicted octanol–water partition coefficient (Wildman–Crippen LogP) is -2.70. The Bertz CT molecular complexity index is 54.4. The van der Waals surface area contributed by atoms with Crippen molar-refractivity contribution in [1.82, 2.24) is 0 Å². The molecule has 0 aromatic heterocycles. The second kappa shape index (κ2) is 9.99. The van der Waals surface area contributed by atoms with Crippen LogP contribution in [0, 0.1) is 0 Å². The molecule has 0 aliphatic rings. The summed E-state index contributed by atoms with van der Waals surface area (Å²) in [6.07, 6.45) is 0. The number of hydrogen-bond donors (Lipinski definition) is 4. The zero-order valence-electron chi connectivity index (χ0n) is 4.11. The van der Waals surface area contributed by atoms with Gasteiger partial charge in [-0.05, 0) is 0 Å². The van der Waals surface area contributed by atoms with E-state index in [1.54, 1.807) is 0 Å². The fourth-order valence-electron chi connectivity index (χ4n) is 0. The van der Waals surface area contributed by atoms with Crippen molar-refractivity contribution < 1.29 is 23.3 Å². The standard InChI is InChI=1S/C2H4O3.Al.2H2O.H/c3-1-2(4)5;;;;/h3H,1H2,(H,4,5);;2*1H2;/q;+2;;;/p-2. The van der Waals surface area contributed by atoms with E-state index in [0.29, 0.717) is 0 Å². The van der Waals surface area contributed by atoms with Gasteiger partial charge in [0, 0.05) is 0 Å². The van der Waals surface area contributed by atoms with Crippen molar-refractivity contribution in [1.29, 1.82) is 0 Å². The molecule has 0 fully saturated rings. The van der Waals surface area contributed by atoms with E-state index in [2.05, 4.69) is 0 Å². The normalized spacial score (nSPS) is 6.38. The van der Waals surface area contributed by atoms with E-state index in [0.717, 1.165) is 0 Å². The maximum Gasteiger partial charge on any atom is 0.644 e. The van der Waals surface area contributed by atoms with Gasteiger partial charge < -0.3 is 18.5 Å². The Balaban J connectivity index is 0. The van der Waals surface area contributed by atoms with Gasteiger partial charge in [-0.15, -0.1) is 0 Å². The van der Waals surface area contributed by atoms with Gasteiger partial charge in [0.1, 0.15) is 6.61 Å². The average Bonchev–Trinajstić information content (AvgIpc) is 1.69. The van der Waals surface area contributed by atoms with Crippen LogP contribution in [0.25, 0.3) is 0 Å². The molecule has 0 spiro atoms. The van der Waals surface area contributed by atoms with Crippen LogP contribution in [0.2, 0.25) is 0 Å². The Morgan fingerprint density at radius 3 is 1.62 bits per heavy atom. The molecule has 0 heterocycles. The molecule has 0 bridgehead atoms. The third-order valence-electron chi connectivity index (χ3n) is 0.135. The maximum atomic E-state index is 9.12. The minimum atomic E-state index is -1.58. The SMILES string of the molecule is O=C(O)CO.[OH][AlH][OH]. The highest BCUT2D eigenvalue weighted by Crippen LogP contribution is 1.48. The molecule has 0 saturated carbocycles. The lowest BCUT2D eigenvalue weighted by molar-refractivity contribution is -0.140. The summed E-state index contributed by atoms with van der Waals surface area (Å²) in [5.74, 6) is -1.19. The number of rotatable bonds is 1. The van der Waals surface area contributed by atoms with Gasteiger partial charge in [0.05, 0.1) is 0 Å². The lowest BCUT2D eigenvalue weighted by atomic mass is 10.8. The summed E-state index contributed by atoms with van der Waals surface area (Å²) in [5.41, 5.74) is 0. The van der Waals surface area contributed by atoms with Crippen molar-refractivity contribution >= 4 is 21.9 Å². The number of aliphatic hydroxyl groups is 1. The maximum absolute atomic E-state index is 9.12. The van der Waals surface area contributed by atoms with Gasteiger partial charge in [-0.2, -0.15) is 0 Å². The molecule has 0 aromatic rings. The van der Waals surface area contributed by atoms with Crippen molar-refractivity contribution in [3.63, 3.8) is 0 Å². The second-order valence-corrected chi connectivity index (χ2v) is 0.976. The Hall–Kier alpha value is -0.118. The van der Waals surface area contributed by atoms with Crippen molar-refractivity contribution in [3.05, 3.63) is 0 Å². The first kappa shape index (κ1) is 10.8. The molecule has 48 valence electrons. The molecule has 0 radical (unpaired) electrons. The molecule has 6 heteroatoms. The molecule has 0 rings (SSSR count). The van der Waals surface area contributed by atoms with Crippen molar-refractivity contribution in [2.45, 2.75) is 0 Å². The first-order valence-corrected chi connectivity index (χ1v) is 2.99. The number of hydrogen-bond acceptors (Lipinski definition) is 4. The zero-order valence-corrected chi connectivity index (χ0v) is 5.53. The first-order chi connectivity index (χ1) is 3.68. The molecule has 0 aliphatic heterocycles. The quantitative estimate of drug-likeness (QED) is 0.295. The van der Waals surface area contributed by atoms with E-state index >= 15 is 0 Å². The molecule has 0 amide bonds. The first-order valence-electron chi connectivity index (χ1n) is 1.73. The van der Waals surface area contributed by atoms with Gasteiger partial charge >= 0.3 is 21.9 Å². The number of carboxylic acids is 1. The number of carbonyl (C=O) groups is 1. The van der Waals surface area contributed by atoms with Crippen LogP contribution in [-0.4, -0.2) is 47.0 Å². The Morgan fingerprint density at radius 1 is 1.50 bits per heavy atom. The molecule has 0 saturated heterocycles. The molecular formula is C2H7AlO5. The third kappa shape index (κ3) is 39.6.